The number of nitrogens with zero attached hydrogens (tertiary/aromatic N) is 5. The lowest BCUT2D eigenvalue weighted by Gasteiger charge is -2.31. The Labute approximate surface area is 257 Å². The fourth-order valence-electron chi connectivity index (χ4n) is 5.59. The number of hydrogen-bond acceptors (Lipinski definition) is 7. The Hall–Kier alpha value is -4.74. The van der Waals surface area contributed by atoms with Gasteiger partial charge in [-0.15, -0.1) is 0 Å². The number of likely N-dealkylation sites (N-methyl/N-ethyl adjacent to an activating group) is 1. The summed E-state index contributed by atoms with van der Waals surface area (Å²) in [5.74, 6) is 0.432. The number of carbonyl (C=O) groups excluding carboxylic acids is 3. The monoisotopic (exact) mass is 597 g/mol. The van der Waals surface area contributed by atoms with Crippen LogP contribution in [0.2, 0.25) is 0 Å². The van der Waals surface area contributed by atoms with Gasteiger partial charge in [-0.3, -0.25) is 14.2 Å². The summed E-state index contributed by atoms with van der Waals surface area (Å²) in [5, 5.41) is 15.6. The van der Waals surface area contributed by atoms with E-state index in [2.05, 4.69) is 20.5 Å². The van der Waals surface area contributed by atoms with Crippen molar-refractivity contribution < 1.29 is 19.5 Å². The van der Waals surface area contributed by atoms with Crippen LogP contribution in [0.1, 0.15) is 34.7 Å². The zero-order valence-corrected chi connectivity index (χ0v) is 25.4. The largest absolute Gasteiger partial charge is 0.395 e. The number of piperidine rings is 1. The molecule has 3 heterocycles. The highest BCUT2D eigenvalue weighted by Crippen LogP contribution is 2.31. The SMILES string of the molecule is CNC(=O)n1ccc2cc(N(CC(=O)N(C)C)c3ccnc(NC(=O)c4ccc(C5CCN(CCO)CC5)cc4)c3)ccc21. The van der Waals surface area contributed by atoms with Crippen LogP contribution < -0.4 is 15.5 Å². The predicted molar refractivity (Wildman–Crippen MR) is 172 cm³/mol. The second-order valence-corrected chi connectivity index (χ2v) is 11.2. The number of pyridine rings is 1. The Morgan fingerprint density at radius 1 is 0.977 bits per heavy atom. The average Bonchev–Trinajstić information content (AvgIpc) is 3.47. The van der Waals surface area contributed by atoms with Gasteiger partial charge in [-0.05, 0) is 79.9 Å². The van der Waals surface area contributed by atoms with Crippen molar-refractivity contribution in [1.29, 1.82) is 0 Å². The number of β-amino-alcohol motifs (C(OH)–C–C–N with tert-alkyl or cyclic N) is 1. The number of hydrogen-bond donors (Lipinski definition) is 3. The number of aliphatic hydroxyl groups is 1. The van der Waals surface area contributed by atoms with Gasteiger partial charge < -0.3 is 30.4 Å². The summed E-state index contributed by atoms with van der Waals surface area (Å²) in [7, 11) is 4.99. The van der Waals surface area contributed by atoms with Crippen molar-refractivity contribution in [2.45, 2.75) is 18.8 Å². The highest BCUT2D eigenvalue weighted by Gasteiger charge is 2.21. The Morgan fingerprint density at radius 2 is 1.70 bits per heavy atom. The molecule has 0 spiro atoms. The minimum atomic E-state index is -0.271. The van der Waals surface area contributed by atoms with E-state index in [1.54, 1.807) is 45.7 Å². The highest BCUT2D eigenvalue weighted by molar-refractivity contribution is 6.04. The maximum atomic E-state index is 13.2. The molecule has 230 valence electrons. The Bertz CT molecular complexity index is 1620. The van der Waals surface area contributed by atoms with Crippen LogP contribution in [0.25, 0.3) is 10.9 Å². The maximum Gasteiger partial charge on any atom is 0.325 e. The van der Waals surface area contributed by atoms with Crippen molar-refractivity contribution in [3.05, 3.63) is 84.2 Å². The van der Waals surface area contributed by atoms with E-state index in [4.69, 9.17) is 0 Å². The minimum Gasteiger partial charge on any atom is -0.395 e. The fraction of sp³-hybridized carbons (Fsp3) is 0.333. The van der Waals surface area contributed by atoms with Crippen molar-refractivity contribution in [3.8, 4) is 0 Å². The molecule has 1 aliphatic rings. The first-order valence-electron chi connectivity index (χ1n) is 14.8. The lowest BCUT2D eigenvalue weighted by atomic mass is 9.89. The summed E-state index contributed by atoms with van der Waals surface area (Å²) in [4.78, 5) is 48.3. The van der Waals surface area contributed by atoms with Crippen LogP contribution in [0.3, 0.4) is 0 Å². The molecule has 2 aromatic heterocycles. The highest BCUT2D eigenvalue weighted by atomic mass is 16.3. The van der Waals surface area contributed by atoms with Crippen LogP contribution in [0.5, 0.6) is 0 Å². The van der Waals surface area contributed by atoms with E-state index in [1.807, 2.05) is 53.4 Å². The third-order valence-corrected chi connectivity index (χ3v) is 8.16. The van der Waals surface area contributed by atoms with Crippen molar-refractivity contribution in [2.75, 3.05) is 64.1 Å². The summed E-state index contributed by atoms with van der Waals surface area (Å²) in [6.07, 6.45) is 5.37. The molecule has 1 aliphatic heterocycles. The third kappa shape index (κ3) is 6.90. The van der Waals surface area contributed by atoms with Gasteiger partial charge in [0.15, 0.2) is 0 Å². The first-order chi connectivity index (χ1) is 21.3. The molecular weight excluding hydrogens is 558 g/mol. The van der Waals surface area contributed by atoms with E-state index in [-0.39, 0.29) is 31.0 Å². The van der Waals surface area contributed by atoms with Crippen LogP contribution in [0.4, 0.5) is 22.0 Å². The standard InChI is InChI=1S/C33H39N7O4/c1-34-33(44)39-17-13-26-20-27(8-9-29(26)39)40(22-31(42)37(2)3)28-10-14-35-30(21-28)36-32(43)25-6-4-23(5-7-25)24-11-15-38(16-12-24)18-19-41/h4-10,13-14,17,20-21,24,41H,11-12,15-16,18-19,22H2,1-3H3,(H,34,44)(H,35,36,43). The topological polar surface area (TPSA) is 123 Å². The van der Waals surface area contributed by atoms with Crippen molar-refractivity contribution in [3.63, 3.8) is 0 Å². The van der Waals surface area contributed by atoms with E-state index < -0.39 is 0 Å². The molecule has 0 saturated carbocycles. The summed E-state index contributed by atoms with van der Waals surface area (Å²) in [6.45, 7) is 2.88. The van der Waals surface area contributed by atoms with Gasteiger partial charge in [0.2, 0.25) is 5.91 Å². The first-order valence-corrected chi connectivity index (χ1v) is 14.8. The number of benzene rings is 2. The molecule has 11 nitrogen and oxygen atoms in total. The zero-order chi connectivity index (χ0) is 31.2. The number of aliphatic hydroxyl groups excluding tert-OH is 1. The van der Waals surface area contributed by atoms with Gasteiger partial charge in [0, 0.05) is 68.5 Å². The molecule has 0 bridgehead atoms. The normalized spacial score (nSPS) is 13.9. The fourth-order valence-corrected chi connectivity index (χ4v) is 5.59. The molecule has 0 aliphatic carbocycles. The Balaban J connectivity index is 1.33. The molecule has 5 rings (SSSR count). The van der Waals surface area contributed by atoms with Gasteiger partial charge >= 0.3 is 6.03 Å². The molecular formula is C33H39N7O4. The predicted octanol–water partition coefficient (Wildman–Crippen LogP) is 3.87. The summed E-state index contributed by atoms with van der Waals surface area (Å²) in [5.41, 5.74) is 3.92. The third-order valence-electron chi connectivity index (χ3n) is 8.16. The minimum absolute atomic E-state index is 0.0620. The molecule has 4 aromatic rings. The molecule has 0 atom stereocenters. The van der Waals surface area contributed by atoms with Gasteiger partial charge in [-0.1, -0.05) is 12.1 Å². The number of fused-ring (bicyclic) bond motifs is 1. The lowest BCUT2D eigenvalue weighted by molar-refractivity contribution is -0.127. The van der Waals surface area contributed by atoms with Crippen molar-refractivity contribution in [1.82, 2.24) is 24.7 Å². The van der Waals surface area contributed by atoms with Crippen LogP contribution in [0, 0.1) is 0 Å². The number of anilines is 3. The van der Waals surface area contributed by atoms with E-state index >= 15 is 0 Å². The average molecular weight is 598 g/mol. The van der Waals surface area contributed by atoms with Crippen LogP contribution in [-0.4, -0.2) is 96.2 Å². The van der Waals surface area contributed by atoms with E-state index in [0.717, 1.165) is 42.5 Å². The van der Waals surface area contributed by atoms with Gasteiger partial charge in [0.05, 0.1) is 12.1 Å². The number of nitrogens with one attached hydrogen (secondary N) is 2. The van der Waals surface area contributed by atoms with Crippen molar-refractivity contribution >= 4 is 45.9 Å². The van der Waals surface area contributed by atoms with Crippen LogP contribution >= 0.6 is 0 Å². The van der Waals surface area contributed by atoms with Gasteiger partial charge in [-0.25, -0.2) is 9.78 Å². The van der Waals surface area contributed by atoms with Gasteiger partial charge in [-0.2, -0.15) is 0 Å². The number of amides is 3. The summed E-state index contributed by atoms with van der Waals surface area (Å²) >= 11 is 0. The molecule has 2 aromatic carbocycles. The van der Waals surface area contributed by atoms with Crippen LogP contribution in [-0.2, 0) is 4.79 Å². The molecule has 0 radical (unpaired) electrons. The van der Waals surface area contributed by atoms with Gasteiger partial charge in [0.1, 0.15) is 12.4 Å². The lowest BCUT2D eigenvalue weighted by Crippen LogP contribution is -2.34. The van der Waals surface area contributed by atoms with E-state index in [1.165, 1.54) is 15.0 Å². The molecule has 1 fully saturated rings. The Kier molecular flexibility index (Phi) is 9.56. The quantitative estimate of drug-likeness (QED) is 0.268. The molecule has 0 unspecified atom stereocenters. The molecule has 44 heavy (non-hydrogen) atoms. The Morgan fingerprint density at radius 3 is 2.39 bits per heavy atom. The maximum absolute atomic E-state index is 13.2. The number of rotatable bonds is 9. The van der Waals surface area contributed by atoms with E-state index in [9.17, 15) is 19.5 Å². The molecule has 11 heteroatoms. The number of likely N-dealkylation sites (tertiary alicyclic amines) is 1. The number of carbonyl (C=O) groups is 3. The second kappa shape index (κ2) is 13.7. The number of aromatic nitrogens is 2. The second-order valence-electron chi connectivity index (χ2n) is 11.2. The molecule has 3 N–H and O–H groups in total. The summed E-state index contributed by atoms with van der Waals surface area (Å²) in [6, 6.07) is 18.5. The molecule has 3 amide bonds. The van der Waals surface area contributed by atoms with E-state index in [0.29, 0.717) is 29.5 Å². The van der Waals surface area contributed by atoms with Crippen LogP contribution in [0.15, 0.2) is 73.1 Å². The van der Waals surface area contributed by atoms with Crippen molar-refractivity contribution in [2.24, 2.45) is 0 Å². The summed E-state index contributed by atoms with van der Waals surface area (Å²) < 4.78 is 1.53. The van der Waals surface area contributed by atoms with Gasteiger partial charge in [0.25, 0.3) is 5.91 Å². The zero-order valence-electron chi connectivity index (χ0n) is 25.4. The molecule has 1 saturated heterocycles. The first kappa shape index (κ1) is 30.7. The smallest absolute Gasteiger partial charge is 0.325 e.